The van der Waals surface area contributed by atoms with Crippen molar-refractivity contribution >= 4 is 11.8 Å². The standard InChI is InChI=1S/C21H26N2O4/c24-13-19-18(22-21(26)15-5-6-15)8-7-17(27-19)11-20(25)23-10-9-14-3-1-2-4-16(14)12-23/h1-4,7-8,15,17-19,24H,5-6,9-13H2,(H,22,26)/t17-,18+,19+/m1/s1. The van der Waals surface area contributed by atoms with E-state index in [1.165, 1.54) is 11.1 Å². The molecule has 27 heavy (non-hydrogen) atoms. The summed E-state index contributed by atoms with van der Waals surface area (Å²) in [6.45, 7) is 1.16. The van der Waals surface area contributed by atoms with E-state index < -0.39 is 6.10 Å². The number of nitrogens with one attached hydrogen (secondary N) is 1. The summed E-state index contributed by atoms with van der Waals surface area (Å²) in [5, 5.41) is 12.6. The summed E-state index contributed by atoms with van der Waals surface area (Å²) in [7, 11) is 0. The fourth-order valence-corrected chi connectivity index (χ4v) is 3.77. The van der Waals surface area contributed by atoms with Crippen molar-refractivity contribution in [3.63, 3.8) is 0 Å². The van der Waals surface area contributed by atoms with Gasteiger partial charge in [-0.3, -0.25) is 9.59 Å². The summed E-state index contributed by atoms with van der Waals surface area (Å²) in [4.78, 5) is 26.5. The molecule has 2 aliphatic heterocycles. The normalized spacial score (nSPS) is 27.1. The van der Waals surface area contributed by atoms with Gasteiger partial charge in [0, 0.05) is 19.0 Å². The van der Waals surface area contributed by atoms with Crippen molar-refractivity contribution in [2.75, 3.05) is 13.2 Å². The summed E-state index contributed by atoms with van der Waals surface area (Å²) in [5.41, 5.74) is 2.51. The lowest BCUT2D eigenvalue weighted by Crippen LogP contribution is -2.49. The van der Waals surface area contributed by atoms with Crippen LogP contribution in [0.2, 0.25) is 0 Å². The van der Waals surface area contributed by atoms with Gasteiger partial charge in [-0.2, -0.15) is 0 Å². The first-order valence-electron chi connectivity index (χ1n) is 9.73. The van der Waals surface area contributed by atoms with E-state index in [0.29, 0.717) is 6.54 Å². The average molecular weight is 370 g/mol. The van der Waals surface area contributed by atoms with Gasteiger partial charge >= 0.3 is 0 Å². The molecule has 3 aliphatic rings. The monoisotopic (exact) mass is 370 g/mol. The number of carbonyl (C=O) groups is 2. The topological polar surface area (TPSA) is 78.9 Å². The molecule has 0 saturated heterocycles. The predicted molar refractivity (Wildman–Crippen MR) is 99.7 cm³/mol. The fraction of sp³-hybridized carbons (Fsp3) is 0.524. The quantitative estimate of drug-likeness (QED) is 0.763. The molecule has 0 radical (unpaired) electrons. The Morgan fingerprint density at radius 3 is 2.70 bits per heavy atom. The fourth-order valence-electron chi connectivity index (χ4n) is 3.77. The van der Waals surface area contributed by atoms with Crippen molar-refractivity contribution in [2.45, 2.75) is 50.5 Å². The molecule has 6 heteroatoms. The Hall–Kier alpha value is -2.18. The third-order valence-electron chi connectivity index (χ3n) is 5.58. The highest BCUT2D eigenvalue weighted by molar-refractivity contribution is 5.81. The van der Waals surface area contributed by atoms with E-state index >= 15 is 0 Å². The molecule has 0 aromatic heterocycles. The lowest BCUT2D eigenvalue weighted by atomic mass is 9.99. The second-order valence-corrected chi connectivity index (χ2v) is 7.63. The van der Waals surface area contributed by atoms with E-state index in [4.69, 9.17) is 4.74 Å². The molecule has 1 aromatic rings. The van der Waals surface area contributed by atoms with Gasteiger partial charge in [0.05, 0.1) is 25.2 Å². The van der Waals surface area contributed by atoms with Crippen LogP contribution in [0.3, 0.4) is 0 Å². The van der Waals surface area contributed by atoms with Gasteiger partial charge in [-0.1, -0.05) is 36.4 Å². The molecule has 1 saturated carbocycles. The second-order valence-electron chi connectivity index (χ2n) is 7.63. The van der Waals surface area contributed by atoms with Crippen LogP contribution in [0.5, 0.6) is 0 Å². The maximum absolute atomic E-state index is 12.7. The molecule has 0 unspecified atom stereocenters. The Labute approximate surface area is 159 Å². The average Bonchev–Trinajstić information content (AvgIpc) is 3.54. The first-order chi connectivity index (χ1) is 13.1. The second kappa shape index (κ2) is 7.82. The van der Waals surface area contributed by atoms with Crippen LogP contribution >= 0.6 is 0 Å². The van der Waals surface area contributed by atoms with Gasteiger partial charge in [-0.25, -0.2) is 0 Å². The summed E-state index contributed by atoms with van der Waals surface area (Å²) in [6.07, 6.45) is 5.79. The Morgan fingerprint density at radius 1 is 1.19 bits per heavy atom. The first-order valence-corrected chi connectivity index (χ1v) is 9.73. The molecule has 4 rings (SSSR count). The number of hydrogen-bond donors (Lipinski definition) is 2. The van der Waals surface area contributed by atoms with Crippen LogP contribution in [0.1, 0.15) is 30.4 Å². The van der Waals surface area contributed by atoms with Crippen molar-refractivity contribution < 1.29 is 19.4 Å². The molecule has 1 aliphatic carbocycles. The highest BCUT2D eigenvalue weighted by Crippen LogP contribution is 2.29. The van der Waals surface area contributed by atoms with E-state index in [2.05, 4.69) is 17.4 Å². The maximum atomic E-state index is 12.7. The van der Waals surface area contributed by atoms with Crippen LogP contribution in [0.15, 0.2) is 36.4 Å². The van der Waals surface area contributed by atoms with Gasteiger partial charge < -0.3 is 20.1 Å². The maximum Gasteiger partial charge on any atom is 0.225 e. The zero-order valence-corrected chi connectivity index (χ0v) is 15.3. The molecular weight excluding hydrogens is 344 g/mol. The zero-order chi connectivity index (χ0) is 18.8. The molecule has 0 bridgehead atoms. The van der Waals surface area contributed by atoms with Crippen molar-refractivity contribution in [1.29, 1.82) is 0 Å². The number of nitrogens with zero attached hydrogens (tertiary/aromatic N) is 1. The summed E-state index contributed by atoms with van der Waals surface area (Å²) < 4.78 is 5.88. The van der Waals surface area contributed by atoms with Gasteiger partial charge in [0.25, 0.3) is 0 Å². The molecular formula is C21H26N2O4. The van der Waals surface area contributed by atoms with Gasteiger partial charge in [0.2, 0.25) is 11.8 Å². The third-order valence-corrected chi connectivity index (χ3v) is 5.58. The van der Waals surface area contributed by atoms with Gasteiger partial charge in [0.15, 0.2) is 0 Å². The van der Waals surface area contributed by atoms with Crippen molar-refractivity contribution in [3.8, 4) is 0 Å². The molecule has 2 heterocycles. The van der Waals surface area contributed by atoms with Gasteiger partial charge in [-0.15, -0.1) is 0 Å². The van der Waals surface area contributed by atoms with E-state index in [1.807, 2.05) is 29.2 Å². The van der Waals surface area contributed by atoms with Gasteiger partial charge in [-0.05, 0) is 30.4 Å². The number of amides is 2. The van der Waals surface area contributed by atoms with E-state index in [1.54, 1.807) is 0 Å². The Morgan fingerprint density at radius 2 is 1.96 bits per heavy atom. The van der Waals surface area contributed by atoms with Crippen LogP contribution in [0.4, 0.5) is 0 Å². The van der Waals surface area contributed by atoms with E-state index in [0.717, 1.165) is 25.8 Å². The minimum absolute atomic E-state index is 0.0215. The van der Waals surface area contributed by atoms with Crippen LogP contribution in [0.25, 0.3) is 0 Å². The molecule has 2 N–H and O–H groups in total. The molecule has 1 fully saturated rings. The number of fused-ring (bicyclic) bond motifs is 1. The van der Waals surface area contributed by atoms with Crippen LogP contribution in [-0.2, 0) is 27.3 Å². The summed E-state index contributed by atoms with van der Waals surface area (Å²) in [5.74, 6) is 0.184. The minimum atomic E-state index is -0.516. The number of aliphatic hydroxyl groups excluding tert-OH is 1. The largest absolute Gasteiger partial charge is 0.394 e. The zero-order valence-electron chi connectivity index (χ0n) is 15.3. The summed E-state index contributed by atoms with van der Waals surface area (Å²) >= 11 is 0. The smallest absolute Gasteiger partial charge is 0.225 e. The van der Waals surface area contributed by atoms with E-state index in [9.17, 15) is 14.7 Å². The molecule has 144 valence electrons. The number of aliphatic hydroxyl groups is 1. The van der Waals surface area contributed by atoms with Crippen molar-refractivity contribution in [3.05, 3.63) is 47.5 Å². The molecule has 6 nitrogen and oxygen atoms in total. The number of ether oxygens (including phenoxy) is 1. The lowest BCUT2D eigenvalue weighted by molar-refractivity contribution is -0.137. The highest BCUT2D eigenvalue weighted by Gasteiger charge is 2.35. The van der Waals surface area contributed by atoms with E-state index in [-0.39, 0.29) is 42.9 Å². The van der Waals surface area contributed by atoms with Gasteiger partial charge in [0.1, 0.15) is 6.10 Å². The predicted octanol–water partition coefficient (Wildman–Crippen LogP) is 1.17. The van der Waals surface area contributed by atoms with Crippen molar-refractivity contribution in [1.82, 2.24) is 10.2 Å². The van der Waals surface area contributed by atoms with Crippen LogP contribution < -0.4 is 5.32 Å². The molecule has 1 aromatic carbocycles. The number of benzene rings is 1. The summed E-state index contributed by atoms with van der Waals surface area (Å²) in [6, 6.07) is 7.88. The SMILES string of the molecule is O=C(N[C@H]1C=C[C@H](CC(=O)N2CCc3ccccc3C2)O[C@H]1CO)C1CC1. The number of hydrogen-bond acceptors (Lipinski definition) is 4. The molecule has 2 amide bonds. The lowest BCUT2D eigenvalue weighted by Gasteiger charge is -2.34. The van der Waals surface area contributed by atoms with Crippen molar-refractivity contribution in [2.24, 2.45) is 5.92 Å². The minimum Gasteiger partial charge on any atom is -0.394 e. The highest BCUT2D eigenvalue weighted by atomic mass is 16.5. The van der Waals surface area contributed by atoms with Crippen LogP contribution in [-0.4, -0.2) is 53.2 Å². The molecule has 3 atom stereocenters. The van der Waals surface area contributed by atoms with Crippen LogP contribution in [0, 0.1) is 5.92 Å². The Balaban J connectivity index is 1.34. The first kappa shape index (κ1) is 18.2. The third kappa shape index (κ3) is 4.22. The number of carbonyl (C=O) groups excluding carboxylic acids is 2. The Bertz CT molecular complexity index is 743. The number of rotatable bonds is 5. The molecule has 0 spiro atoms. The Kier molecular flexibility index (Phi) is 5.27.